The minimum atomic E-state index is -1.02. The van der Waals surface area contributed by atoms with Crippen LogP contribution < -0.4 is 11.4 Å². The lowest BCUT2D eigenvalue weighted by molar-refractivity contribution is -0.137. The number of hydrogen-bond donors (Lipinski definition) is 2. The fourth-order valence-corrected chi connectivity index (χ4v) is 2.80. The summed E-state index contributed by atoms with van der Waals surface area (Å²) in [4.78, 5) is 22.2. The summed E-state index contributed by atoms with van der Waals surface area (Å²) in [6.07, 6.45) is 0. The number of benzene rings is 1. The van der Waals surface area contributed by atoms with Crippen molar-refractivity contribution < 1.29 is 14.3 Å². The zero-order valence-electron chi connectivity index (χ0n) is 11.0. The van der Waals surface area contributed by atoms with Crippen LogP contribution in [0.4, 0.5) is 0 Å². The first-order chi connectivity index (χ1) is 9.47. The van der Waals surface area contributed by atoms with Crippen LogP contribution in [-0.2, 0) is 10.5 Å². The van der Waals surface area contributed by atoms with Crippen LogP contribution >= 0.6 is 11.8 Å². The summed E-state index contributed by atoms with van der Waals surface area (Å²) in [6, 6.07) is 6.21. The highest BCUT2D eigenvalue weighted by molar-refractivity contribution is 7.98. The minimum Gasteiger partial charge on any atom is -0.480 e. The van der Waals surface area contributed by atoms with Crippen molar-refractivity contribution in [1.29, 1.82) is 0 Å². The van der Waals surface area contributed by atoms with Crippen LogP contribution in [0.25, 0.3) is 11.0 Å². The number of fused-ring (bicyclic) bond motifs is 1. The van der Waals surface area contributed by atoms with Crippen LogP contribution in [-0.4, -0.2) is 22.9 Å². The smallest absolute Gasteiger partial charge is 0.336 e. The molecule has 0 aliphatic rings. The predicted octanol–water partition coefficient (Wildman–Crippen LogP) is 1.75. The predicted molar refractivity (Wildman–Crippen MR) is 79.0 cm³/mol. The van der Waals surface area contributed by atoms with Crippen molar-refractivity contribution in [2.45, 2.75) is 18.7 Å². The molecule has 0 fully saturated rings. The standard InChI is InChI=1S/C14H15NO4S/c1-8-2-3-10-9(5-13(16)19-12(10)4-8)6-20-7-11(15)14(17)18/h2-5,11H,6-7,15H2,1H3,(H,17,18). The van der Waals surface area contributed by atoms with Gasteiger partial charge in [-0.3, -0.25) is 4.79 Å². The Bertz CT molecular complexity index is 695. The maximum Gasteiger partial charge on any atom is 0.336 e. The van der Waals surface area contributed by atoms with Crippen LogP contribution in [0.1, 0.15) is 11.1 Å². The van der Waals surface area contributed by atoms with Crippen molar-refractivity contribution >= 4 is 28.7 Å². The number of carboxylic acids is 1. The number of carbonyl (C=O) groups is 1. The molecule has 1 aromatic carbocycles. The van der Waals surface area contributed by atoms with Crippen molar-refractivity contribution in [1.82, 2.24) is 0 Å². The van der Waals surface area contributed by atoms with Crippen LogP contribution in [0.3, 0.4) is 0 Å². The van der Waals surface area contributed by atoms with Gasteiger partial charge in [-0.25, -0.2) is 4.79 Å². The maximum atomic E-state index is 11.5. The molecule has 0 amide bonds. The molecule has 0 saturated carbocycles. The Balaban J connectivity index is 2.21. The van der Waals surface area contributed by atoms with Crippen LogP contribution in [0.15, 0.2) is 33.5 Å². The summed E-state index contributed by atoms with van der Waals surface area (Å²) in [5.74, 6) is -0.208. The first-order valence-corrected chi connectivity index (χ1v) is 7.22. The molecule has 2 rings (SSSR count). The van der Waals surface area contributed by atoms with E-state index in [0.29, 0.717) is 17.1 Å². The zero-order valence-corrected chi connectivity index (χ0v) is 11.8. The number of aryl methyl sites for hydroxylation is 1. The molecule has 2 aromatic rings. The van der Waals surface area contributed by atoms with Crippen molar-refractivity contribution in [2.75, 3.05) is 5.75 Å². The van der Waals surface area contributed by atoms with E-state index in [-0.39, 0.29) is 0 Å². The van der Waals surface area contributed by atoms with Gasteiger partial charge in [-0.2, -0.15) is 11.8 Å². The zero-order chi connectivity index (χ0) is 14.7. The van der Waals surface area contributed by atoms with Gasteiger partial charge in [0.1, 0.15) is 11.6 Å². The molecule has 1 aromatic heterocycles. The van der Waals surface area contributed by atoms with Crippen molar-refractivity contribution in [2.24, 2.45) is 5.73 Å². The lowest BCUT2D eigenvalue weighted by Crippen LogP contribution is -2.32. The molecule has 6 heteroatoms. The molecule has 0 aliphatic carbocycles. The molecule has 0 radical (unpaired) electrons. The Morgan fingerprint density at radius 1 is 1.45 bits per heavy atom. The van der Waals surface area contributed by atoms with Crippen LogP contribution in [0.2, 0.25) is 0 Å². The molecule has 3 N–H and O–H groups in total. The molecule has 106 valence electrons. The summed E-state index contributed by atoms with van der Waals surface area (Å²) in [7, 11) is 0. The Hall–Kier alpha value is -1.79. The van der Waals surface area contributed by atoms with Gasteiger partial charge in [0.15, 0.2) is 0 Å². The largest absolute Gasteiger partial charge is 0.480 e. The number of aliphatic carboxylic acids is 1. The third-order valence-electron chi connectivity index (χ3n) is 2.86. The van der Waals surface area contributed by atoms with Crippen LogP contribution in [0.5, 0.6) is 0 Å². The average molecular weight is 293 g/mol. The summed E-state index contributed by atoms with van der Waals surface area (Å²) in [5, 5.41) is 9.59. The number of carboxylic acid groups (broad SMARTS) is 1. The summed E-state index contributed by atoms with van der Waals surface area (Å²) in [6.45, 7) is 1.92. The highest BCUT2D eigenvalue weighted by Crippen LogP contribution is 2.22. The summed E-state index contributed by atoms with van der Waals surface area (Å²) < 4.78 is 5.17. The van der Waals surface area contributed by atoms with E-state index in [4.69, 9.17) is 15.3 Å². The number of nitrogens with two attached hydrogens (primary N) is 1. The molecular formula is C14H15NO4S. The number of hydrogen-bond acceptors (Lipinski definition) is 5. The van der Waals surface area contributed by atoms with Gasteiger partial charge in [-0.05, 0) is 24.1 Å². The monoisotopic (exact) mass is 293 g/mol. The minimum absolute atomic E-state index is 0.295. The second kappa shape index (κ2) is 6.11. The normalized spacial score (nSPS) is 12.5. The Labute approximate surface area is 119 Å². The first-order valence-electron chi connectivity index (χ1n) is 6.07. The maximum absolute atomic E-state index is 11.5. The van der Waals surface area contributed by atoms with Crippen molar-refractivity contribution in [3.8, 4) is 0 Å². The molecule has 0 saturated heterocycles. The molecule has 1 unspecified atom stereocenters. The third-order valence-corrected chi connectivity index (χ3v) is 3.97. The van der Waals surface area contributed by atoms with Gasteiger partial charge in [0, 0.05) is 23.0 Å². The fraction of sp³-hybridized carbons (Fsp3) is 0.286. The lowest BCUT2D eigenvalue weighted by atomic mass is 10.1. The van der Waals surface area contributed by atoms with Crippen molar-refractivity contribution in [3.63, 3.8) is 0 Å². The topological polar surface area (TPSA) is 93.5 Å². The van der Waals surface area contributed by atoms with Crippen molar-refractivity contribution in [3.05, 3.63) is 45.8 Å². The SMILES string of the molecule is Cc1ccc2c(CSCC(N)C(=O)O)cc(=O)oc2c1. The Morgan fingerprint density at radius 3 is 2.90 bits per heavy atom. The van der Waals surface area contributed by atoms with Gasteiger partial charge in [0.25, 0.3) is 0 Å². The summed E-state index contributed by atoms with van der Waals surface area (Å²) in [5.41, 5.74) is 7.44. The molecule has 1 atom stereocenters. The first kappa shape index (κ1) is 14.6. The summed E-state index contributed by atoms with van der Waals surface area (Å²) >= 11 is 1.38. The van der Waals surface area contributed by atoms with Gasteiger partial charge in [-0.15, -0.1) is 0 Å². The van der Waals surface area contributed by atoms with E-state index in [0.717, 1.165) is 16.5 Å². The highest BCUT2D eigenvalue weighted by atomic mass is 32.2. The van der Waals surface area contributed by atoms with Gasteiger partial charge < -0.3 is 15.3 Å². The van der Waals surface area contributed by atoms with E-state index in [1.54, 1.807) is 0 Å². The third kappa shape index (κ3) is 3.40. The molecule has 0 aliphatic heterocycles. The quantitative estimate of drug-likeness (QED) is 0.816. The molecular weight excluding hydrogens is 278 g/mol. The molecule has 0 bridgehead atoms. The lowest BCUT2D eigenvalue weighted by Gasteiger charge is -2.08. The second-order valence-corrected chi connectivity index (χ2v) is 5.58. The van der Waals surface area contributed by atoms with Gasteiger partial charge in [0.2, 0.25) is 0 Å². The van der Waals surface area contributed by atoms with Crippen LogP contribution in [0, 0.1) is 6.92 Å². The molecule has 0 spiro atoms. The van der Waals surface area contributed by atoms with E-state index >= 15 is 0 Å². The molecule has 20 heavy (non-hydrogen) atoms. The van der Waals surface area contributed by atoms with E-state index in [9.17, 15) is 9.59 Å². The average Bonchev–Trinajstić information content (AvgIpc) is 2.37. The number of rotatable bonds is 5. The number of thioether (sulfide) groups is 1. The Kier molecular flexibility index (Phi) is 4.46. The van der Waals surface area contributed by atoms with E-state index in [1.807, 2.05) is 25.1 Å². The Morgan fingerprint density at radius 2 is 2.20 bits per heavy atom. The van der Waals surface area contributed by atoms with Gasteiger partial charge in [-0.1, -0.05) is 12.1 Å². The fourth-order valence-electron chi connectivity index (χ4n) is 1.82. The molecule has 5 nitrogen and oxygen atoms in total. The second-order valence-electron chi connectivity index (χ2n) is 4.55. The van der Waals surface area contributed by atoms with E-state index in [1.165, 1.54) is 17.8 Å². The highest BCUT2D eigenvalue weighted by Gasteiger charge is 2.12. The van der Waals surface area contributed by atoms with E-state index < -0.39 is 17.6 Å². The molecule has 1 heterocycles. The van der Waals surface area contributed by atoms with Gasteiger partial charge >= 0.3 is 11.6 Å². The van der Waals surface area contributed by atoms with E-state index in [2.05, 4.69) is 0 Å². The van der Waals surface area contributed by atoms with Gasteiger partial charge in [0.05, 0.1) is 0 Å².